The minimum Gasteiger partial charge on any atom is -0.475 e. The Bertz CT molecular complexity index is 1920. The van der Waals surface area contributed by atoms with Crippen LogP contribution in [0.3, 0.4) is 0 Å². The Labute approximate surface area is 290 Å². The van der Waals surface area contributed by atoms with Crippen molar-refractivity contribution in [1.29, 1.82) is 5.41 Å². The summed E-state index contributed by atoms with van der Waals surface area (Å²) >= 11 is 0. The monoisotopic (exact) mass is 743 g/mol. The van der Waals surface area contributed by atoms with Gasteiger partial charge in [-0.05, 0) is 44.7 Å². The van der Waals surface area contributed by atoms with Crippen LogP contribution in [0.15, 0.2) is 30.6 Å². The summed E-state index contributed by atoms with van der Waals surface area (Å²) in [5, 5.41) is 36.9. The molecular formula is C30H35F6N11O5. The largest absolute Gasteiger partial charge is 0.490 e. The van der Waals surface area contributed by atoms with Gasteiger partial charge in [0.25, 0.3) is 5.91 Å². The molecule has 1 saturated carbocycles. The molecule has 16 nitrogen and oxygen atoms in total. The number of hydrogen-bond acceptors (Lipinski definition) is 9. The topological polar surface area (TPSA) is 229 Å². The number of carboxylic acids is 2. The fraction of sp³-hybridized carbons (Fsp3) is 0.433. The van der Waals surface area contributed by atoms with Crippen LogP contribution in [-0.2, 0) is 23.2 Å². The van der Waals surface area contributed by atoms with E-state index < -0.39 is 24.3 Å². The van der Waals surface area contributed by atoms with Gasteiger partial charge in [0.15, 0.2) is 17.4 Å². The number of hydrogen-bond donors (Lipinski definition) is 7. The molecule has 1 aromatic carbocycles. The molecule has 0 bridgehead atoms. The van der Waals surface area contributed by atoms with E-state index in [1.54, 1.807) is 12.3 Å². The maximum absolute atomic E-state index is 13.4. The minimum absolute atomic E-state index is 0.145. The number of carboxylic acid groups (broad SMARTS) is 2. The lowest BCUT2D eigenvalue weighted by atomic mass is 10.0. The van der Waals surface area contributed by atoms with Gasteiger partial charge >= 0.3 is 24.3 Å². The van der Waals surface area contributed by atoms with E-state index in [0.717, 1.165) is 48.9 Å². The van der Waals surface area contributed by atoms with Crippen LogP contribution in [0, 0.1) is 12.3 Å². The van der Waals surface area contributed by atoms with Gasteiger partial charge in [0, 0.05) is 43.8 Å². The molecule has 22 heteroatoms. The Balaban J connectivity index is 0.000000367. The first kappa shape index (κ1) is 39.1. The number of nitrogens with one attached hydrogen (secondary N) is 4. The molecule has 1 amide bonds. The van der Waals surface area contributed by atoms with E-state index in [-0.39, 0.29) is 18.4 Å². The summed E-state index contributed by atoms with van der Waals surface area (Å²) in [4.78, 5) is 42.7. The van der Waals surface area contributed by atoms with Crippen LogP contribution in [0.4, 0.5) is 38.0 Å². The summed E-state index contributed by atoms with van der Waals surface area (Å²) < 4.78 is 67.2. The van der Waals surface area contributed by atoms with E-state index in [1.807, 2.05) is 41.4 Å². The Morgan fingerprint density at radius 1 is 0.962 bits per heavy atom. The van der Waals surface area contributed by atoms with Crippen molar-refractivity contribution in [2.24, 2.45) is 12.8 Å². The maximum atomic E-state index is 13.4. The lowest BCUT2D eigenvalue weighted by Crippen LogP contribution is -2.43. The predicted molar refractivity (Wildman–Crippen MR) is 174 cm³/mol. The molecule has 0 unspecified atom stereocenters. The SMILES string of the molecule is Cc1cn2cc(NC(=O)c3cccc4c(N5CCC(NC6CC6)CC5)n(C)nc34)nc2c(CNC(=N)N)n1.O=C(O)C(F)(F)F.O=C(O)C(F)(F)F. The van der Waals surface area contributed by atoms with Crippen molar-refractivity contribution in [3.8, 4) is 0 Å². The fourth-order valence-corrected chi connectivity index (χ4v) is 5.34. The molecule has 52 heavy (non-hydrogen) atoms. The summed E-state index contributed by atoms with van der Waals surface area (Å²) in [5.74, 6) is -4.47. The number of fused-ring (bicyclic) bond motifs is 2. The highest BCUT2D eigenvalue weighted by Crippen LogP contribution is 2.31. The molecule has 2 fully saturated rings. The van der Waals surface area contributed by atoms with Crippen molar-refractivity contribution < 1.29 is 50.9 Å². The van der Waals surface area contributed by atoms with Gasteiger partial charge in [-0.1, -0.05) is 6.07 Å². The molecule has 3 aromatic heterocycles. The second-order valence-corrected chi connectivity index (χ2v) is 11.9. The van der Waals surface area contributed by atoms with Gasteiger partial charge in [-0.15, -0.1) is 0 Å². The average molecular weight is 744 g/mol. The molecule has 0 radical (unpaired) electrons. The number of carbonyl (C=O) groups excluding carboxylic acids is 1. The molecule has 4 heterocycles. The summed E-state index contributed by atoms with van der Waals surface area (Å²) in [6.45, 7) is 4.06. The van der Waals surface area contributed by atoms with Gasteiger partial charge < -0.3 is 41.2 Å². The number of imidazole rings is 1. The molecule has 0 spiro atoms. The average Bonchev–Trinajstić information content (AvgIpc) is 3.66. The number of guanidine groups is 1. The number of benzene rings is 1. The first-order valence-electron chi connectivity index (χ1n) is 15.6. The lowest BCUT2D eigenvalue weighted by Gasteiger charge is -2.34. The Morgan fingerprint density at radius 3 is 2.08 bits per heavy atom. The number of rotatable bonds is 7. The van der Waals surface area contributed by atoms with Crippen LogP contribution in [-0.4, -0.2) is 95.7 Å². The van der Waals surface area contributed by atoms with Crippen LogP contribution < -0.4 is 26.6 Å². The third-order valence-corrected chi connectivity index (χ3v) is 7.72. The van der Waals surface area contributed by atoms with Gasteiger partial charge in [0.1, 0.15) is 17.0 Å². The number of nitrogens with two attached hydrogens (primary N) is 1. The number of halogens is 6. The normalized spacial score (nSPS) is 15.0. The molecule has 1 aliphatic carbocycles. The molecule has 6 rings (SSSR count). The number of amides is 1. The molecule has 2 aliphatic rings. The third kappa shape index (κ3) is 10.2. The van der Waals surface area contributed by atoms with E-state index in [1.165, 1.54) is 12.8 Å². The van der Waals surface area contributed by atoms with E-state index >= 15 is 0 Å². The van der Waals surface area contributed by atoms with Crippen molar-refractivity contribution in [3.63, 3.8) is 0 Å². The van der Waals surface area contributed by atoms with Crippen LogP contribution >= 0.6 is 0 Å². The minimum atomic E-state index is -5.08. The van der Waals surface area contributed by atoms with Gasteiger partial charge in [0.2, 0.25) is 0 Å². The number of aryl methyl sites for hydroxylation is 2. The molecule has 0 atom stereocenters. The summed E-state index contributed by atoms with van der Waals surface area (Å²) in [6, 6.07) is 7.05. The molecule has 1 saturated heterocycles. The van der Waals surface area contributed by atoms with Crippen molar-refractivity contribution in [2.75, 3.05) is 23.3 Å². The third-order valence-electron chi connectivity index (χ3n) is 7.72. The van der Waals surface area contributed by atoms with Gasteiger partial charge in [0.05, 0.1) is 24.0 Å². The molecule has 282 valence electrons. The van der Waals surface area contributed by atoms with Crippen molar-refractivity contribution in [2.45, 2.75) is 63.6 Å². The number of aliphatic carboxylic acids is 2. The second-order valence-electron chi connectivity index (χ2n) is 11.9. The summed E-state index contributed by atoms with van der Waals surface area (Å²) in [6.07, 6.45) is -1.75. The molecular weight excluding hydrogens is 708 g/mol. The number of alkyl halides is 6. The molecule has 4 aromatic rings. The Hall–Kier alpha value is -5.67. The van der Waals surface area contributed by atoms with Crippen LogP contribution in [0.2, 0.25) is 0 Å². The van der Waals surface area contributed by atoms with E-state index in [9.17, 15) is 31.1 Å². The van der Waals surface area contributed by atoms with Gasteiger partial charge in [-0.2, -0.15) is 31.4 Å². The van der Waals surface area contributed by atoms with Crippen molar-refractivity contribution in [3.05, 3.63) is 47.5 Å². The highest BCUT2D eigenvalue weighted by Gasteiger charge is 2.39. The van der Waals surface area contributed by atoms with Gasteiger partial charge in [-0.3, -0.25) is 19.9 Å². The van der Waals surface area contributed by atoms with Crippen LogP contribution in [0.25, 0.3) is 16.6 Å². The van der Waals surface area contributed by atoms with Crippen LogP contribution in [0.1, 0.15) is 47.4 Å². The van der Waals surface area contributed by atoms with E-state index in [0.29, 0.717) is 34.3 Å². The summed E-state index contributed by atoms with van der Waals surface area (Å²) in [7, 11) is 1.94. The zero-order valence-electron chi connectivity index (χ0n) is 27.6. The number of nitrogens with zero attached hydrogens (tertiary/aromatic N) is 6. The highest BCUT2D eigenvalue weighted by atomic mass is 19.4. The van der Waals surface area contributed by atoms with Gasteiger partial charge in [-0.25, -0.2) is 14.6 Å². The zero-order chi connectivity index (χ0) is 38.5. The second kappa shape index (κ2) is 15.7. The zero-order valence-corrected chi connectivity index (χ0v) is 27.6. The number of piperidine rings is 1. The first-order chi connectivity index (χ1) is 24.2. The quantitative estimate of drug-likeness (QED) is 0.0823. The predicted octanol–water partition coefficient (Wildman–Crippen LogP) is 3.15. The molecule has 1 aliphatic heterocycles. The number of aromatic nitrogens is 5. The Kier molecular flexibility index (Phi) is 11.8. The van der Waals surface area contributed by atoms with Crippen molar-refractivity contribution in [1.82, 2.24) is 34.8 Å². The maximum Gasteiger partial charge on any atom is 0.490 e. The fourth-order valence-electron chi connectivity index (χ4n) is 5.34. The first-order valence-corrected chi connectivity index (χ1v) is 15.6. The van der Waals surface area contributed by atoms with E-state index in [2.05, 4.69) is 30.8 Å². The Morgan fingerprint density at radius 2 is 1.54 bits per heavy atom. The summed E-state index contributed by atoms with van der Waals surface area (Å²) in [5.41, 5.74) is 8.61. The van der Waals surface area contributed by atoms with Crippen molar-refractivity contribution >= 4 is 52.0 Å². The highest BCUT2D eigenvalue weighted by molar-refractivity contribution is 6.13. The standard InChI is InChI=1S/C26H33N11O.2C2HF3O2/c1-15-13-37-14-21(32-23(37)20(30-15)12-29-26(27)28)33-24(38)18-4-3-5-19-22(18)34-35(2)25(19)36-10-8-17(9-11-36)31-16-6-7-16;2*3-2(4,5)1(6)7/h3-5,13-14,16-17,31H,6-12H2,1-2H3,(H,33,38)(H4,27,28,29);2*(H,6,7). The lowest BCUT2D eigenvalue weighted by molar-refractivity contribution is -0.193. The number of carbonyl (C=O) groups is 3. The molecule has 8 N–H and O–H groups in total. The number of anilines is 2. The van der Waals surface area contributed by atoms with Crippen LogP contribution in [0.5, 0.6) is 0 Å². The smallest absolute Gasteiger partial charge is 0.475 e. The van der Waals surface area contributed by atoms with E-state index in [4.69, 9.17) is 36.0 Å².